The van der Waals surface area contributed by atoms with Gasteiger partial charge in [0.15, 0.2) is 0 Å². The van der Waals surface area contributed by atoms with Crippen molar-refractivity contribution in [2.45, 2.75) is 25.8 Å². The van der Waals surface area contributed by atoms with Crippen LogP contribution in [0.5, 0.6) is 0 Å². The average Bonchev–Trinajstić information content (AvgIpc) is 3.01. The van der Waals surface area contributed by atoms with Crippen molar-refractivity contribution in [2.75, 3.05) is 6.54 Å². The topological polar surface area (TPSA) is 83.7 Å². The summed E-state index contributed by atoms with van der Waals surface area (Å²) in [5.41, 5.74) is 1.82. The Kier molecular flexibility index (Phi) is 4.55. The molecule has 3 aliphatic rings. The Bertz CT molecular complexity index is 773. The summed E-state index contributed by atoms with van der Waals surface area (Å²) < 4.78 is 0. The van der Waals surface area contributed by atoms with E-state index in [1.54, 1.807) is 19.1 Å². The van der Waals surface area contributed by atoms with E-state index in [4.69, 9.17) is 5.84 Å². The van der Waals surface area contributed by atoms with Gasteiger partial charge >= 0.3 is 0 Å². The highest BCUT2D eigenvalue weighted by Gasteiger charge is 2.41. The molecule has 6 nitrogen and oxygen atoms in total. The van der Waals surface area contributed by atoms with Gasteiger partial charge < -0.3 is 0 Å². The maximum Gasteiger partial charge on any atom is 0.261 e. The van der Waals surface area contributed by atoms with Crippen LogP contribution in [-0.4, -0.2) is 40.2 Å². The lowest BCUT2D eigenvalue weighted by Crippen LogP contribution is -2.40. The van der Waals surface area contributed by atoms with Gasteiger partial charge in [-0.25, -0.2) is 5.84 Å². The fraction of sp³-hybridized carbons (Fsp3) is 0.316. The smallest absolute Gasteiger partial charge is 0.261 e. The molecule has 1 aliphatic carbocycles. The van der Waals surface area contributed by atoms with Gasteiger partial charge in [0.2, 0.25) is 5.91 Å². The molecule has 6 heteroatoms. The molecule has 2 atom stereocenters. The van der Waals surface area contributed by atoms with Crippen molar-refractivity contribution in [1.82, 2.24) is 9.91 Å². The number of nitrogens with two attached hydrogens (primary N) is 1. The molecule has 0 spiro atoms. The van der Waals surface area contributed by atoms with Gasteiger partial charge in [-0.05, 0) is 19.4 Å². The zero-order valence-corrected chi connectivity index (χ0v) is 14.1. The first-order chi connectivity index (χ1) is 12.0. The van der Waals surface area contributed by atoms with Crippen molar-refractivity contribution in [3.05, 3.63) is 59.8 Å². The van der Waals surface area contributed by atoms with Crippen LogP contribution in [0.1, 0.15) is 19.8 Å². The van der Waals surface area contributed by atoms with Gasteiger partial charge in [-0.2, -0.15) is 0 Å². The molecule has 0 aromatic heterocycles. The molecule has 3 rings (SSSR count). The second kappa shape index (κ2) is 6.64. The van der Waals surface area contributed by atoms with Crippen molar-refractivity contribution in [3.8, 4) is 0 Å². The molecule has 0 aromatic rings. The highest BCUT2D eigenvalue weighted by atomic mass is 16.2. The largest absolute Gasteiger partial charge is 0.274 e. The van der Waals surface area contributed by atoms with Crippen LogP contribution in [0, 0.1) is 5.92 Å². The molecule has 25 heavy (non-hydrogen) atoms. The van der Waals surface area contributed by atoms with E-state index in [2.05, 4.69) is 6.58 Å². The Morgan fingerprint density at radius 2 is 2.00 bits per heavy atom. The third-order valence-corrected chi connectivity index (χ3v) is 4.95. The number of carbonyl (C=O) groups excluding carboxylic acids is 3. The zero-order chi connectivity index (χ0) is 18.1. The van der Waals surface area contributed by atoms with Gasteiger partial charge in [0.05, 0.1) is 11.6 Å². The maximum absolute atomic E-state index is 12.5. The summed E-state index contributed by atoms with van der Waals surface area (Å²) in [4.78, 5) is 38.1. The third-order valence-electron chi connectivity index (χ3n) is 4.95. The number of hydrazine groups is 1. The van der Waals surface area contributed by atoms with Crippen molar-refractivity contribution >= 4 is 17.7 Å². The van der Waals surface area contributed by atoms with Crippen LogP contribution in [0.4, 0.5) is 0 Å². The maximum atomic E-state index is 12.5. The summed E-state index contributed by atoms with van der Waals surface area (Å²) >= 11 is 0. The van der Waals surface area contributed by atoms with E-state index in [-0.39, 0.29) is 36.2 Å². The third kappa shape index (κ3) is 2.78. The molecular formula is C19H21N3O3. The van der Waals surface area contributed by atoms with Crippen molar-refractivity contribution in [3.63, 3.8) is 0 Å². The predicted octanol–water partition coefficient (Wildman–Crippen LogP) is 1.39. The number of amides is 3. The summed E-state index contributed by atoms with van der Waals surface area (Å²) in [6.07, 6.45) is 11.4. The van der Waals surface area contributed by atoms with Crippen molar-refractivity contribution in [1.29, 1.82) is 0 Å². The minimum absolute atomic E-state index is 0.0136. The Morgan fingerprint density at radius 3 is 2.68 bits per heavy atom. The Labute approximate surface area is 146 Å². The summed E-state index contributed by atoms with van der Waals surface area (Å²) in [7, 11) is 0. The van der Waals surface area contributed by atoms with Crippen LogP contribution in [0.3, 0.4) is 0 Å². The van der Waals surface area contributed by atoms with Gasteiger partial charge in [-0.15, -0.1) is 0 Å². The lowest BCUT2D eigenvalue weighted by atomic mass is 9.86. The predicted molar refractivity (Wildman–Crippen MR) is 93.5 cm³/mol. The number of rotatable bonds is 4. The van der Waals surface area contributed by atoms with Crippen LogP contribution in [0.2, 0.25) is 0 Å². The zero-order valence-electron chi connectivity index (χ0n) is 14.1. The van der Waals surface area contributed by atoms with E-state index in [1.807, 2.05) is 18.2 Å². The van der Waals surface area contributed by atoms with Crippen LogP contribution >= 0.6 is 0 Å². The Balaban J connectivity index is 1.75. The van der Waals surface area contributed by atoms with E-state index in [9.17, 15) is 14.4 Å². The standard InChI is InChI=1S/C19H21N3O3/c1-3-6-14-13(4-2)18(24)21(19(14)25)10-9-12-7-5-8-16-15(12)11-17(23)22(16)20/h3-8,15-16H,1,9-11,20H2,2H3/b13-4+,14-6+. The SMILES string of the molecule is C=C/C=C1/C(=O)N(CCC2=CC=CC3C2CC(=O)N3N)C(=O)/C1=C/C. The van der Waals surface area contributed by atoms with Gasteiger partial charge in [-0.3, -0.25) is 24.3 Å². The number of hydrogen-bond acceptors (Lipinski definition) is 4. The average molecular weight is 339 g/mol. The molecule has 2 unspecified atom stereocenters. The first-order valence-electron chi connectivity index (χ1n) is 8.29. The van der Waals surface area contributed by atoms with Crippen LogP contribution in [0.15, 0.2) is 59.8 Å². The van der Waals surface area contributed by atoms with Crippen molar-refractivity contribution in [2.24, 2.45) is 11.8 Å². The number of hydrogen-bond donors (Lipinski definition) is 1. The number of imide groups is 1. The Hall–Kier alpha value is -2.73. The van der Waals surface area contributed by atoms with E-state index >= 15 is 0 Å². The molecule has 130 valence electrons. The minimum Gasteiger partial charge on any atom is -0.274 e. The number of likely N-dealkylation sites (tertiary alicyclic amines) is 1. The minimum atomic E-state index is -0.301. The van der Waals surface area contributed by atoms with E-state index in [0.29, 0.717) is 24.0 Å². The molecule has 2 heterocycles. The van der Waals surface area contributed by atoms with Crippen LogP contribution < -0.4 is 5.84 Å². The van der Waals surface area contributed by atoms with Crippen LogP contribution in [0.25, 0.3) is 0 Å². The molecule has 2 fully saturated rings. The van der Waals surface area contributed by atoms with E-state index in [0.717, 1.165) is 5.57 Å². The first kappa shape index (κ1) is 17.1. The molecule has 0 aromatic carbocycles. The summed E-state index contributed by atoms with van der Waals surface area (Å²) in [6.45, 7) is 5.62. The molecule has 0 radical (unpaired) electrons. The second-order valence-electron chi connectivity index (χ2n) is 6.26. The summed E-state index contributed by atoms with van der Waals surface area (Å²) in [5, 5.41) is 1.27. The molecule has 2 aliphatic heterocycles. The van der Waals surface area contributed by atoms with E-state index < -0.39 is 0 Å². The van der Waals surface area contributed by atoms with Gasteiger partial charge in [0, 0.05) is 24.5 Å². The van der Waals surface area contributed by atoms with E-state index in [1.165, 1.54) is 16.0 Å². The number of allylic oxidation sites excluding steroid dienone is 5. The second-order valence-corrected chi connectivity index (χ2v) is 6.26. The fourth-order valence-electron chi connectivity index (χ4n) is 3.65. The quantitative estimate of drug-likeness (QED) is 0.363. The Morgan fingerprint density at radius 1 is 1.28 bits per heavy atom. The molecule has 0 bridgehead atoms. The van der Waals surface area contributed by atoms with Gasteiger partial charge in [0.1, 0.15) is 0 Å². The molecule has 3 amide bonds. The summed E-state index contributed by atoms with van der Waals surface area (Å²) in [6, 6.07) is -0.139. The number of nitrogens with zero attached hydrogens (tertiary/aromatic N) is 2. The fourth-order valence-corrected chi connectivity index (χ4v) is 3.65. The van der Waals surface area contributed by atoms with Gasteiger partial charge in [0.25, 0.3) is 11.8 Å². The molecule has 2 saturated heterocycles. The van der Waals surface area contributed by atoms with Crippen LogP contribution in [-0.2, 0) is 14.4 Å². The monoisotopic (exact) mass is 339 g/mol. The first-order valence-corrected chi connectivity index (χ1v) is 8.29. The summed E-state index contributed by atoms with van der Waals surface area (Å²) in [5.74, 6) is 5.14. The lowest BCUT2D eigenvalue weighted by Gasteiger charge is -2.26. The molecule has 0 saturated carbocycles. The highest BCUT2D eigenvalue weighted by Crippen LogP contribution is 2.35. The molecule has 2 N–H and O–H groups in total. The number of fused-ring (bicyclic) bond motifs is 1. The van der Waals surface area contributed by atoms with Crippen molar-refractivity contribution < 1.29 is 14.4 Å². The highest BCUT2D eigenvalue weighted by molar-refractivity contribution is 6.24. The molecular weight excluding hydrogens is 318 g/mol. The van der Waals surface area contributed by atoms with Gasteiger partial charge in [-0.1, -0.05) is 42.5 Å². The number of carbonyl (C=O) groups is 3. The normalized spacial score (nSPS) is 29.0. The lowest BCUT2D eigenvalue weighted by molar-refractivity contribution is -0.136.